The van der Waals surface area contributed by atoms with E-state index in [9.17, 15) is 0 Å². The molecule has 0 amide bonds. The van der Waals surface area contributed by atoms with E-state index in [0.29, 0.717) is 16.3 Å². The predicted octanol–water partition coefficient (Wildman–Crippen LogP) is 4.64. The third-order valence-corrected chi connectivity index (χ3v) is 4.39. The number of benzene rings is 2. The molecule has 9 heteroatoms. The molecule has 0 atom stereocenters. The first kappa shape index (κ1) is 18.7. The SMILES string of the molecule is C=CNc1cc(OCNc2cccc(-n3c(=S)[nH][nH]c3=S)c2)ccc1NC. The van der Waals surface area contributed by atoms with Crippen molar-refractivity contribution in [1.29, 1.82) is 0 Å². The van der Waals surface area contributed by atoms with Crippen LogP contribution >= 0.6 is 24.4 Å². The molecule has 0 aliphatic heterocycles. The fraction of sp³-hybridized carbons (Fsp3) is 0.111. The average Bonchev–Trinajstić information content (AvgIpc) is 3.01. The molecule has 1 heterocycles. The van der Waals surface area contributed by atoms with Gasteiger partial charge in [0.1, 0.15) is 5.75 Å². The van der Waals surface area contributed by atoms with Crippen LogP contribution in [0.3, 0.4) is 0 Å². The van der Waals surface area contributed by atoms with Gasteiger partial charge in [-0.3, -0.25) is 14.8 Å². The summed E-state index contributed by atoms with van der Waals surface area (Å²) >= 11 is 10.5. The summed E-state index contributed by atoms with van der Waals surface area (Å²) in [5.41, 5.74) is 3.61. The van der Waals surface area contributed by atoms with Crippen molar-refractivity contribution in [2.24, 2.45) is 0 Å². The second kappa shape index (κ2) is 8.56. The number of anilines is 3. The third-order valence-electron chi connectivity index (χ3n) is 3.82. The minimum atomic E-state index is 0.307. The molecular formula is C18H20N6OS2. The lowest BCUT2D eigenvalue weighted by atomic mass is 10.2. The van der Waals surface area contributed by atoms with E-state index < -0.39 is 0 Å². The largest absolute Gasteiger partial charge is 0.473 e. The number of hydrogen-bond donors (Lipinski definition) is 5. The minimum absolute atomic E-state index is 0.307. The molecule has 0 radical (unpaired) electrons. The third kappa shape index (κ3) is 4.39. The van der Waals surface area contributed by atoms with Crippen LogP contribution < -0.4 is 20.7 Å². The molecule has 0 aliphatic carbocycles. The number of ether oxygens (including phenoxy) is 1. The first-order valence-corrected chi connectivity index (χ1v) is 9.00. The Morgan fingerprint density at radius 2 is 1.89 bits per heavy atom. The molecule has 3 rings (SSSR count). The Balaban J connectivity index is 1.69. The van der Waals surface area contributed by atoms with Crippen LogP contribution in [-0.2, 0) is 0 Å². The summed E-state index contributed by atoms with van der Waals surface area (Å²) in [6, 6.07) is 13.5. The molecule has 0 saturated heterocycles. The fourth-order valence-electron chi connectivity index (χ4n) is 2.56. The Kier molecular flexibility index (Phi) is 5.94. The molecule has 140 valence electrons. The van der Waals surface area contributed by atoms with Gasteiger partial charge in [0.2, 0.25) is 0 Å². The topological polar surface area (TPSA) is 81.8 Å². The van der Waals surface area contributed by atoms with Crippen molar-refractivity contribution in [3.8, 4) is 11.4 Å². The zero-order valence-corrected chi connectivity index (χ0v) is 16.3. The summed E-state index contributed by atoms with van der Waals surface area (Å²) in [5, 5.41) is 15.1. The molecule has 7 nitrogen and oxygen atoms in total. The van der Waals surface area contributed by atoms with Gasteiger partial charge in [0.05, 0.1) is 17.1 Å². The minimum Gasteiger partial charge on any atom is -0.473 e. The Bertz CT molecular complexity index is 1020. The Morgan fingerprint density at radius 3 is 2.59 bits per heavy atom. The van der Waals surface area contributed by atoms with E-state index in [4.69, 9.17) is 29.2 Å². The first-order valence-electron chi connectivity index (χ1n) is 8.18. The predicted molar refractivity (Wildman–Crippen MR) is 115 cm³/mol. The molecule has 0 unspecified atom stereocenters. The Morgan fingerprint density at radius 1 is 1.11 bits per heavy atom. The van der Waals surface area contributed by atoms with Gasteiger partial charge in [0.15, 0.2) is 16.3 Å². The van der Waals surface area contributed by atoms with Gasteiger partial charge >= 0.3 is 0 Å². The first-order chi connectivity index (χ1) is 13.1. The van der Waals surface area contributed by atoms with Gasteiger partial charge in [-0.05, 0) is 61.0 Å². The van der Waals surface area contributed by atoms with Crippen molar-refractivity contribution in [2.75, 3.05) is 29.7 Å². The highest BCUT2D eigenvalue weighted by molar-refractivity contribution is 7.72. The van der Waals surface area contributed by atoms with Gasteiger partial charge < -0.3 is 20.7 Å². The van der Waals surface area contributed by atoms with Crippen molar-refractivity contribution in [3.63, 3.8) is 0 Å². The highest BCUT2D eigenvalue weighted by Crippen LogP contribution is 2.27. The van der Waals surface area contributed by atoms with Gasteiger partial charge in [-0.2, -0.15) is 0 Å². The number of aromatic amines is 2. The molecule has 27 heavy (non-hydrogen) atoms. The summed E-state index contributed by atoms with van der Waals surface area (Å²) in [7, 11) is 1.86. The van der Waals surface area contributed by atoms with Crippen molar-refractivity contribution in [1.82, 2.24) is 14.8 Å². The number of nitrogens with zero attached hydrogens (tertiary/aromatic N) is 1. The number of aromatic nitrogens is 3. The molecule has 2 aromatic carbocycles. The lowest BCUT2D eigenvalue weighted by molar-refractivity contribution is 0.347. The molecule has 0 fully saturated rings. The van der Waals surface area contributed by atoms with Gasteiger partial charge in [-0.1, -0.05) is 12.6 Å². The average molecular weight is 401 g/mol. The zero-order valence-electron chi connectivity index (χ0n) is 14.7. The summed E-state index contributed by atoms with van der Waals surface area (Å²) in [5.74, 6) is 0.734. The van der Waals surface area contributed by atoms with Crippen LogP contribution in [0.4, 0.5) is 17.1 Å². The van der Waals surface area contributed by atoms with Crippen LogP contribution in [0, 0.1) is 9.54 Å². The van der Waals surface area contributed by atoms with Crippen LogP contribution in [0.1, 0.15) is 0 Å². The van der Waals surface area contributed by atoms with E-state index in [2.05, 4.69) is 32.7 Å². The molecule has 0 aliphatic rings. The molecule has 3 aromatic rings. The number of rotatable bonds is 8. The van der Waals surface area contributed by atoms with E-state index in [-0.39, 0.29) is 0 Å². The van der Waals surface area contributed by atoms with Crippen molar-refractivity contribution in [3.05, 3.63) is 64.8 Å². The van der Waals surface area contributed by atoms with Crippen molar-refractivity contribution in [2.45, 2.75) is 0 Å². The fourth-order valence-corrected chi connectivity index (χ4v) is 3.12. The maximum atomic E-state index is 5.80. The van der Waals surface area contributed by atoms with Crippen LogP contribution in [0.5, 0.6) is 5.75 Å². The molecule has 0 saturated carbocycles. The second-order valence-corrected chi connectivity index (χ2v) is 6.29. The van der Waals surface area contributed by atoms with Gasteiger partial charge in [0.25, 0.3) is 0 Å². The number of hydrogen-bond acceptors (Lipinski definition) is 6. The summed E-state index contributed by atoms with van der Waals surface area (Å²) < 4.78 is 8.58. The smallest absolute Gasteiger partial charge is 0.198 e. The quantitative estimate of drug-likeness (QED) is 0.280. The summed E-state index contributed by atoms with van der Waals surface area (Å²) in [6.45, 7) is 4.00. The van der Waals surface area contributed by atoms with E-state index in [1.807, 2.05) is 49.5 Å². The van der Waals surface area contributed by atoms with Crippen LogP contribution in [0.15, 0.2) is 55.2 Å². The molecule has 0 bridgehead atoms. The van der Waals surface area contributed by atoms with Gasteiger partial charge in [-0.25, -0.2) is 0 Å². The second-order valence-electron chi connectivity index (χ2n) is 5.52. The van der Waals surface area contributed by atoms with Crippen LogP contribution in [0.2, 0.25) is 0 Å². The molecular weight excluding hydrogens is 380 g/mol. The Hall–Kier alpha value is -3.04. The highest BCUT2D eigenvalue weighted by Gasteiger charge is 2.04. The van der Waals surface area contributed by atoms with E-state index >= 15 is 0 Å². The van der Waals surface area contributed by atoms with Crippen LogP contribution in [0.25, 0.3) is 5.69 Å². The highest BCUT2D eigenvalue weighted by atomic mass is 32.1. The maximum absolute atomic E-state index is 5.80. The van der Waals surface area contributed by atoms with Crippen molar-refractivity contribution >= 4 is 41.5 Å². The molecule has 0 spiro atoms. The summed E-state index contributed by atoms with van der Waals surface area (Å²) in [4.78, 5) is 0. The number of H-pyrrole nitrogens is 2. The Labute approximate surface area is 167 Å². The molecule has 5 N–H and O–H groups in total. The van der Waals surface area contributed by atoms with Crippen molar-refractivity contribution < 1.29 is 4.74 Å². The zero-order chi connectivity index (χ0) is 19.2. The van der Waals surface area contributed by atoms with E-state index in [1.165, 1.54) is 0 Å². The lowest BCUT2D eigenvalue weighted by Gasteiger charge is -2.13. The van der Waals surface area contributed by atoms with Gasteiger partial charge in [-0.15, -0.1) is 0 Å². The molecule has 1 aromatic heterocycles. The van der Waals surface area contributed by atoms with E-state index in [1.54, 1.807) is 10.8 Å². The number of nitrogens with one attached hydrogen (secondary N) is 5. The van der Waals surface area contributed by atoms with E-state index in [0.717, 1.165) is 28.5 Å². The monoisotopic (exact) mass is 400 g/mol. The van der Waals surface area contributed by atoms with Crippen LogP contribution in [-0.4, -0.2) is 28.5 Å². The maximum Gasteiger partial charge on any atom is 0.198 e. The van der Waals surface area contributed by atoms with Gasteiger partial charge in [0, 0.05) is 18.8 Å². The standard InChI is InChI=1S/C18H20N6OS2/c1-3-20-16-10-14(7-8-15(16)19-2)25-11-21-12-5-4-6-13(9-12)24-17(26)22-23-18(24)27/h3-10,19-21H,1,11H2,2H3,(H,22,26)(H,23,27). The summed E-state index contributed by atoms with van der Waals surface area (Å²) in [6.07, 6.45) is 1.63. The lowest BCUT2D eigenvalue weighted by Crippen LogP contribution is -2.09. The normalized spacial score (nSPS) is 10.3.